The molecule has 5 heteroatoms. The number of carbonyl (C=O) groups is 2. The molecule has 2 aliphatic carbocycles. The van der Waals surface area contributed by atoms with E-state index in [4.69, 9.17) is 5.73 Å². The third-order valence-electron chi connectivity index (χ3n) is 4.50. The first-order valence-electron chi connectivity index (χ1n) is 5.35. The Hall–Kier alpha value is 0.1000. The van der Waals surface area contributed by atoms with Gasteiger partial charge in [0, 0.05) is 22.1 Å². The first-order chi connectivity index (χ1) is 7.18. The van der Waals surface area contributed by atoms with Gasteiger partial charge >= 0.3 is 0 Å². The molecule has 0 aromatic carbocycles. The van der Waals surface area contributed by atoms with E-state index in [0.717, 1.165) is 12.8 Å². The molecule has 16 heavy (non-hydrogen) atoms. The van der Waals surface area contributed by atoms with Crippen molar-refractivity contribution in [1.82, 2.24) is 0 Å². The van der Waals surface area contributed by atoms with Crippen molar-refractivity contribution in [3.05, 3.63) is 0 Å². The summed E-state index contributed by atoms with van der Waals surface area (Å²) in [6.07, 6.45) is 1.91. The van der Waals surface area contributed by atoms with Crippen molar-refractivity contribution in [3.8, 4) is 0 Å². The van der Waals surface area contributed by atoms with Crippen molar-refractivity contribution in [2.24, 2.45) is 16.6 Å². The van der Waals surface area contributed by atoms with Crippen LogP contribution in [0.2, 0.25) is 0 Å². The first-order valence-corrected chi connectivity index (χ1v) is 7.05. The van der Waals surface area contributed by atoms with Crippen LogP contribution in [0.15, 0.2) is 0 Å². The van der Waals surface area contributed by atoms with Crippen LogP contribution in [0.5, 0.6) is 0 Å². The molecule has 0 aliphatic heterocycles. The molecule has 0 saturated heterocycles. The molecule has 0 aromatic heterocycles. The van der Waals surface area contributed by atoms with Gasteiger partial charge in [0.15, 0.2) is 5.78 Å². The molecular weight excluding hydrogens is 338 g/mol. The number of alkyl halides is 2. The van der Waals surface area contributed by atoms with Crippen molar-refractivity contribution in [2.45, 2.75) is 42.3 Å². The van der Waals surface area contributed by atoms with E-state index in [0.29, 0.717) is 0 Å². The molecule has 2 rings (SSSR count). The van der Waals surface area contributed by atoms with E-state index in [-0.39, 0.29) is 28.4 Å². The van der Waals surface area contributed by atoms with E-state index < -0.39 is 9.74 Å². The molecule has 3 atom stereocenters. The van der Waals surface area contributed by atoms with Crippen LogP contribution in [0.4, 0.5) is 0 Å². The zero-order chi connectivity index (χ0) is 12.4. The second kappa shape index (κ2) is 3.31. The van der Waals surface area contributed by atoms with Crippen molar-refractivity contribution in [1.29, 1.82) is 0 Å². The molecule has 0 unspecified atom stereocenters. The third-order valence-corrected chi connectivity index (χ3v) is 7.99. The summed E-state index contributed by atoms with van der Waals surface area (Å²) in [4.78, 5) is 23.6. The number of hydrogen-bond donors (Lipinski definition) is 1. The lowest BCUT2D eigenvalue weighted by Crippen LogP contribution is -2.44. The van der Waals surface area contributed by atoms with Crippen LogP contribution in [-0.2, 0) is 9.59 Å². The average molecular weight is 353 g/mol. The maximum absolute atomic E-state index is 12.4. The average Bonchev–Trinajstić information content (AvgIpc) is 2.46. The minimum atomic E-state index is -0.508. The minimum absolute atomic E-state index is 0.0116. The molecule has 2 N–H and O–H groups in total. The summed E-state index contributed by atoms with van der Waals surface area (Å²) in [6.45, 7) is 3.85. The van der Waals surface area contributed by atoms with Gasteiger partial charge in [-0.15, -0.1) is 0 Å². The van der Waals surface area contributed by atoms with E-state index >= 15 is 0 Å². The van der Waals surface area contributed by atoms with Gasteiger partial charge in [-0.25, -0.2) is 0 Å². The molecular formula is C11H15Br2NO2. The number of halogens is 2. The van der Waals surface area contributed by atoms with Crippen molar-refractivity contribution >= 4 is 43.6 Å². The summed E-state index contributed by atoms with van der Waals surface area (Å²) in [5, 5.41) is 0. The largest absolute Gasteiger partial charge is 0.370 e. The summed E-state index contributed by atoms with van der Waals surface area (Å²) in [7, 11) is 0. The fourth-order valence-corrected chi connectivity index (χ4v) is 5.94. The first kappa shape index (κ1) is 12.6. The lowest BCUT2D eigenvalue weighted by Gasteiger charge is -2.41. The summed E-state index contributed by atoms with van der Waals surface area (Å²) < 4.78 is -0.508. The Morgan fingerprint density at radius 3 is 2.44 bits per heavy atom. The van der Waals surface area contributed by atoms with Crippen molar-refractivity contribution in [3.63, 3.8) is 0 Å². The van der Waals surface area contributed by atoms with E-state index in [1.807, 2.05) is 13.8 Å². The van der Waals surface area contributed by atoms with Crippen LogP contribution in [0.1, 0.15) is 33.1 Å². The van der Waals surface area contributed by atoms with Gasteiger partial charge in [-0.3, -0.25) is 9.59 Å². The number of nitrogens with two attached hydrogens (primary N) is 1. The Morgan fingerprint density at radius 1 is 1.50 bits per heavy atom. The Bertz CT molecular complexity index is 382. The normalized spacial score (nSPS) is 45.0. The molecule has 90 valence electrons. The lowest BCUT2D eigenvalue weighted by molar-refractivity contribution is -0.133. The summed E-state index contributed by atoms with van der Waals surface area (Å²) in [5.74, 6) is -0.140. The Labute approximate surface area is 112 Å². The quantitative estimate of drug-likeness (QED) is 0.774. The van der Waals surface area contributed by atoms with E-state index in [1.54, 1.807) is 0 Å². The monoisotopic (exact) mass is 351 g/mol. The minimum Gasteiger partial charge on any atom is -0.370 e. The zero-order valence-electron chi connectivity index (χ0n) is 9.35. The molecule has 0 aromatic rings. The van der Waals surface area contributed by atoms with Gasteiger partial charge < -0.3 is 5.73 Å². The smallest absolute Gasteiger partial charge is 0.218 e. The highest BCUT2D eigenvalue weighted by Crippen LogP contribution is 2.70. The number of amides is 1. The van der Waals surface area contributed by atoms with Gasteiger partial charge in [0.1, 0.15) is 0 Å². The Balaban J connectivity index is 2.52. The molecule has 0 radical (unpaired) electrons. The highest BCUT2D eigenvalue weighted by atomic mass is 79.9. The van der Waals surface area contributed by atoms with Crippen LogP contribution in [0.25, 0.3) is 0 Å². The van der Waals surface area contributed by atoms with Gasteiger partial charge in [-0.05, 0) is 12.8 Å². The molecule has 2 fully saturated rings. The fourth-order valence-electron chi connectivity index (χ4n) is 3.41. The van der Waals surface area contributed by atoms with Crippen LogP contribution in [-0.4, -0.2) is 20.8 Å². The van der Waals surface area contributed by atoms with Crippen LogP contribution >= 0.6 is 31.9 Å². The maximum atomic E-state index is 12.4. The highest BCUT2D eigenvalue weighted by Gasteiger charge is 2.74. The second-order valence-corrected chi connectivity index (χ2v) is 7.81. The number of fused-ring (bicyclic) bond motifs is 2. The highest BCUT2D eigenvalue weighted by molar-refractivity contribution is 9.13. The number of rotatable bonds is 2. The number of carbonyl (C=O) groups excluding carboxylic acids is 2. The predicted molar refractivity (Wildman–Crippen MR) is 68.6 cm³/mol. The Morgan fingerprint density at radius 2 is 2.06 bits per heavy atom. The van der Waals surface area contributed by atoms with Gasteiger partial charge in [0.25, 0.3) is 0 Å². The molecule has 0 spiro atoms. The fraction of sp³-hybridized carbons (Fsp3) is 0.818. The van der Waals surface area contributed by atoms with E-state index in [2.05, 4.69) is 31.9 Å². The maximum Gasteiger partial charge on any atom is 0.218 e. The van der Waals surface area contributed by atoms with Crippen LogP contribution in [0.3, 0.4) is 0 Å². The van der Waals surface area contributed by atoms with E-state index in [1.165, 1.54) is 0 Å². The number of Topliss-reactive ketones (excluding diaryl/α,β-unsaturated/α-hetero) is 1. The zero-order valence-corrected chi connectivity index (χ0v) is 12.5. The van der Waals surface area contributed by atoms with Crippen LogP contribution in [0, 0.1) is 10.8 Å². The van der Waals surface area contributed by atoms with Crippen molar-refractivity contribution < 1.29 is 9.59 Å². The second-order valence-electron chi connectivity index (χ2n) is 5.48. The number of primary amides is 1. The predicted octanol–water partition coefficient (Wildman–Crippen LogP) is 2.15. The van der Waals surface area contributed by atoms with Gasteiger partial charge in [-0.2, -0.15) is 0 Å². The van der Waals surface area contributed by atoms with Gasteiger partial charge in [0.2, 0.25) is 5.91 Å². The molecule has 0 heterocycles. The van der Waals surface area contributed by atoms with Gasteiger partial charge in [-0.1, -0.05) is 45.7 Å². The lowest BCUT2D eigenvalue weighted by atomic mass is 9.62. The Kier molecular flexibility index (Phi) is 2.60. The number of ketones is 1. The summed E-state index contributed by atoms with van der Waals surface area (Å²) >= 11 is 7.18. The molecule has 2 bridgehead atoms. The van der Waals surface area contributed by atoms with Gasteiger partial charge in [0.05, 0.1) is 4.32 Å². The standard InChI is InChI=1S/C11H15Br2NO2/c1-9(2)8(16)11(13)4-3-10(9,7(11)12)5-6(14)15/h7H,3-5H2,1-2H3,(H2,14,15)/t7-,10-,11-/m1/s1. The summed E-state index contributed by atoms with van der Waals surface area (Å²) in [5.41, 5.74) is 4.50. The summed E-state index contributed by atoms with van der Waals surface area (Å²) in [6, 6.07) is 0. The number of hydrogen-bond acceptors (Lipinski definition) is 2. The molecule has 2 saturated carbocycles. The molecule has 1 amide bonds. The van der Waals surface area contributed by atoms with E-state index in [9.17, 15) is 9.59 Å². The molecule has 2 aliphatic rings. The van der Waals surface area contributed by atoms with Crippen LogP contribution < -0.4 is 5.73 Å². The molecule has 3 nitrogen and oxygen atoms in total. The third kappa shape index (κ3) is 1.19. The van der Waals surface area contributed by atoms with Crippen molar-refractivity contribution in [2.75, 3.05) is 0 Å². The SMILES string of the molecule is CC1(C)C(=O)[C@@]2(Br)CC[C@@]1(CC(N)=O)[C@H]2Br. The topological polar surface area (TPSA) is 60.2 Å².